The van der Waals surface area contributed by atoms with Gasteiger partial charge in [0.25, 0.3) is 5.95 Å². The number of aryl methyl sites for hydroxylation is 3. The first-order chi connectivity index (χ1) is 12.6. The molecule has 2 N–H and O–H groups in total. The van der Waals surface area contributed by atoms with Gasteiger partial charge in [0.05, 0.1) is 12.1 Å². The van der Waals surface area contributed by atoms with Crippen molar-refractivity contribution < 1.29 is 4.79 Å². The molecule has 0 saturated carbocycles. The number of hydrogen-bond acceptors (Lipinski definition) is 5. The fourth-order valence-corrected chi connectivity index (χ4v) is 3.78. The van der Waals surface area contributed by atoms with Crippen LogP contribution in [0.3, 0.4) is 0 Å². The molecule has 1 amide bonds. The highest BCUT2D eigenvalue weighted by Crippen LogP contribution is 2.28. The van der Waals surface area contributed by atoms with Crippen molar-refractivity contribution in [3.63, 3.8) is 0 Å². The van der Waals surface area contributed by atoms with Crippen LogP contribution in [-0.4, -0.2) is 49.7 Å². The highest BCUT2D eigenvalue weighted by atomic mass is 16.2. The third-order valence-electron chi connectivity index (χ3n) is 5.59. The number of nitrogens with zero attached hydrogens (tertiary/aromatic N) is 5. The molecule has 1 unspecified atom stereocenters. The molecule has 1 atom stereocenters. The summed E-state index contributed by atoms with van der Waals surface area (Å²) in [5.41, 5.74) is 10.7. The first kappa shape index (κ1) is 19.5. The van der Waals surface area contributed by atoms with Gasteiger partial charge in [0.15, 0.2) is 0 Å². The number of carbonyl (C=O) groups is 1. The van der Waals surface area contributed by atoms with Gasteiger partial charge >= 0.3 is 0 Å². The van der Waals surface area contributed by atoms with Crippen molar-refractivity contribution in [3.8, 4) is 5.95 Å². The predicted molar refractivity (Wildman–Crippen MR) is 105 cm³/mol. The van der Waals surface area contributed by atoms with E-state index in [1.165, 1.54) is 0 Å². The fraction of sp³-hybridized carbons (Fsp3) is 0.600. The van der Waals surface area contributed by atoms with E-state index in [1.54, 1.807) is 4.68 Å². The SMILES string of the molecule is Cc1cc(C)nc(-n2nc(C)c(CC(=O)N3CCC(N)C(C)(C)C3)c2C)n1. The second-order valence-electron chi connectivity index (χ2n) is 8.39. The van der Waals surface area contributed by atoms with Crippen molar-refractivity contribution in [2.75, 3.05) is 13.1 Å². The molecule has 1 aliphatic heterocycles. The molecule has 1 fully saturated rings. The molecule has 27 heavy (non-hydrogen) atoms. The van der Waals surface area contributed by atoms with Gasteiger partial charge in [0, 0.05) is 41.8 Å². The van der Waals surface area contributed by atoms with E-state index in [9.17, 15) is 4.79 Å². The number of piperidine rings is 1. The maximum absolute atomic E-state index is 12.9. The van der Waals surface area contributed by atoms with Crippen LogP contribution in [0.15, 0.2) is 6.07 Å². The van der Waals surface area contributed by atoms with Gasteiger partial charge in [-0.05, 0) is 45.6 Å². The Morgan fingerprint density at radius 1 is 1.22 bits per heavy atom. The molecule has 7 heteroatoms. The zero-order chi connectivity index (χ0) is 19.9. The molecule has 146 valence electrons. The average Bonchev–Trinajstić information content (AvgIpc) is 2.84. The van der Waals surface area contributed by atoms with Crippen LogP contribution >= 0.6 is 0 Å². The number of nitrogens with two attached hydrogens (primary N) is 1. The Labute approximate surface area is 161 Å². The zero-order valence-corrected chi connectivity index (χ0v) is 17.2. The molecular formula is C20H30N6O. The van der Waals surface area contributed by atoms with Gasteiger partial charge < -0.3 is 10.6 Å². The molecule has 0 aromatic carbocycles. The molecule has 1 saturated heterocycles. The minimum atomic E-state index is -0.0604. The van der Waals surface area contributed by atoms with Gasteiger partial charge in [-0.3, -0.25) is 4.79 Å². The smallest absolute Gasteiger partial charge is 0.251 e. The Balaban J connectivity index is 1.84. The molecule has 0 radical (unpaired) electrons. The van der Waals surface area contributed by atoms with Crippen LogP contribution in [0.5, 0.6) is 0 Å². The van der Waals surface area contributed by atoms with Crippen molar-refractivity contribution in [2.45, 2.75) is 60.4 Å². The predicted octanol–water partition coefficient (Wildman–Crippen LogP) is 2.02. The van der Waals surface area contributed by atoms with Crippen LogP contribution in [0.4, 0.5) is 0 Å². The Kier molecular flexibility index (Phi) is 5.08. The summed E-state index contributed by atoms with van der Waals surface area (Å²) in [5, 5.41) is 4.60. The lowest BCUT2D eigenvalue weighted by atomic mass is 9.79. The van der Waals surface area contributed by atoms with Crippen LogP contribution in [0.2, 0.25) is 0 Å². The van der Waals surface area contributed by atoms with Gasteiger partial charge in [-0.25, -0.2) is 14.6 Å². The van der Waals surface area contributed by atoms with E-state index >= 15 is 0 Å². The number of likely N-dealkylation sites (tertiary alicyclic amines) is 1. The van der Waals surface area contributed by atoms with Gasteiger partial charge in [0.2, 0.25) is 5.91 Å². The van der Waals surface area contributed by atoms with E-state index < -0.39 is 0 Å². The molecule has 0 aliphatic carbocycles. The van der Waals surface area contributed by atoms with Crippen LogP contribution in [-0.2, 0) is 11.2 Å². The summed E-state index contributed by atoms with van der Waals surface area (Å²) < 4.78 is 1.74. The second-order valence-corrected chi connectivity index (χ2v) is 8.39. The maximum Gasteiger partial charge on any atom is 0.251 e. The topological polar surface area (TPSA) is 89.9 Å². The summed E-state index contributed by atoms with van der Waals surface area (Å²) in [4.78, 5) is 23.9. The third-order valence-corrected chi connectivity index (χ3v) is 5.59. The standard InChI is InChI=1S/C20H30N6O/c1-12-9-13(2)23-19(22-12)26-15(4)16(14(3)24-26)10-18(27)25-8-7-17(21)20(5,6)11-25/h9,17H,7-8,10-11,21H2,1-6H3. The molecule has 2 aromatic heterocycles. The van der Waals surface area contributed by atoms with Crippen molar-refractivity contribution >= 4 is 5.91 Å². The lowest BCUT2D eigenvalue weighted by Crippen LogP contribution is -2.54. The molecule has 0 bridgehead atoms. The van der Waals surface area contributed by atoms with Gasteiger partial charge in [-0.15, -0.1) is 0 Å². The van der Waals surface area contributed by atoms with E-state index in [1.807, 2.05) is 38.7 Å². The Morgan fingerprint density at radius 3 is 2.44 bits per heavy atom. The first-order valence-corrected chi connectivity index (χ1v) is 9.49. The number of amides is 1. The maximum atomic E-state index is 12.9. The summed E-state index contributed by atoms with van der Waals surface area (Å²) in [6.07, 6.45) is 1.18. The number of hydrogen-bond donors (Lipinski definition) is 1. The summed E-state index contributed by atoms with van der Waals surface area (Å²) in [6.45, 7) is 13.5. The van der Waals surface area contributed by atoms with E-state index in [0.717, 1.165) is 41.3 Å². The zero-order valence-electron chi connectivity index (χ0n) is 17.2. The normalized spacial score (nSPS) is 19.4. The molecule has 0 spiro atoms. The summed E-state index contributed by atoms with van der Waals surface area (Å²) in [7, 11) is 0. The average molecular weight is 371 g/mol. The van der Waals surface area contributed by atoms with Crippen molar-refractivity contribution in [2.24, 2.45) is 11.1 Å². The Bertz CT molecular complexity index is 849. The molecule has 2 aromatic rings. The van der Waals surface area contributed by atoms with Crippen LogP contribution in [0.1, 0.15) is 48.6 Å². The fourth-order valence-electron chi connectivity index (χ4n) is 3.78. The molecular weight excluding hydrogens is 340 g/mol. The van der Waals surface area contributed by atoms with Crippen molar-refractivity contribution in [3.05, 3.63) is 34.4 Å². The van der Waals surface area contributed by atoms with Gasteiger partial charge in [0.1, 0.15) is 0 Å². The largest absolute Gasteiger partial charge is 0.342 e. The highest BCUT2D eigenvalue weighted by Gasteiger charge is 2.35. The van der Waals surface area contributed by atoms with Gasteiger partial charge in [-0.2, -0.15) is 5.10 Å². The van der Waals surface area contributed by atoms with Crippen LogP contribution in [0.25, 0.3) is 5.95 Å². The first-order valence-electron chi connectivity index (χ1n) is 9.49. The number of carbonyl (C=O) groups excluding carboxylic acids is 1. The van der Waals surface area contributed by atoms with E-state index in [4.69, 9.17) is 5.73 Å². The van der Waals surface area contributed by atoms with E-state index in [0.29, 0.717) is 18.9 Å². The number of aromatic nitrogens is 4. The molecule has 3 rings (SSSR count). The number of rotatable bonds is 3. The lowest BCUT2D eigenvalue weighted by molar-refractivity contribution is -0.133. The van der Waals surface area contributed by atoms with E-state index in [2.05, 4.69) is 28.9 Å². The monoisotopic (exact) mass is 370 g/mol. The van der Waals surface area contributed by atoms with Crippen molar-refractivity contribution in [1.82, 2.24) is 24.6 Å². The summed E-state index contributed by atoms with van der Waals surface area (Å²) in [6, 6.07) is 2.07. The molecule has 3 heterocycles. The Hall–Kier alpha value is -2.28. The summed E-state index contributed by atoms with van der Waals surface area (Å²) in [5.74, 6) is 0.680. The minimum absolute atomic E-state index is 0.0604. The Morgan fingerprint density at radius 2 is 1.85 bits per heavy atom. The second kappa shape index (κ2) is 7.03. The van der Waals surface area contributed by atoms with Crippen LogP contribution < -0.4 is 5.73 Å². The molecule has 1 aliphatic rings. The van der Waals surface area contributed by atoms with Gasteiger partial charge in [-0.1, -0.05) is 13.8 Å². The summed E-state index contributed by atoms with van der Waals surface area (Å²) >= 11 is 0. The van der Waals surface area contributed by atoms with Crippen LogP contribution in [0, 0.1) is 33.1 Å². The van der Waals surface area contributed by atoms with Crippen molar-refractivity contribution in [1.29, 1.82) is 0 Å². The quantitative estimate of drug-likeness (QED) is 0.893. The third kappa shape index (κ3) is 3.88. The van der Waals surface area contributed by atoms with E-state index in [-0.39, 0.29) is 17.4 Å². The minimum Gasteiger partial charge on any atom is -0.342 e. The highest BCUT2D eigenvalue weighted by molar-refractivity contribution is 5.79. The lowest BCUT2D eigenvalue weighted by Gasteiger charge is -2.42. The molecule has 7 nitrogen and oxygen atoms in total.